The number of imide groups is 1. The van der Waals surface area contributed by atoms with Crippen molar-refractivity contribution in [1.82, 2.24) is 0 Å². The number of para-hydroxylation sites is 1. The van der Waals surface area contributed by atoms with Gasteiger partial charge in [0, 0.05) is 21.5 Å². The third-order valence-corrected chi connectivity index (χ3v) is 6.90. The number of carbonyl (C=O) groups is 2. The standard InChI is InChI=1S/C26H17BrN2O4/c1-14-6-3-4-9-21(14)28-25(30)18-8-5-7-17-23(16-10-11-20(27)15(2)12-16)22(29(32)33)13-19(24(17)18)26(28)31/h3-13H,1-2H3. The molecule has 0 saturated carbocycles. The minimum atomic E-state index is -0.570. The second-order valence-electron chi connectivity index (χ2n) is 8.00. The van der Waals surface area contributed by atoms with Crippen LogP contribution in [-0.4, -0.2) is 16.7 Å². The normalized spacial score (nSPS) is 13.0. The van der Waals surface area contributed by atoms with E-state index >= 15 is 0 Å². The average molecular weight is 501 g/mol. The maximum Gasteiger partial charge on any atom is 0.278 e. The van der Waals surface area contributed by atoms with E-state index in [2.05, 4.69) is 15.9 Å². The van der Waals surface area contributed by atoms with Crippen LogP contribution >= 0.6 is 15.9 Å². The molecule has 5 rings (SSSR count). The van der Waals surface area contributed by atoms with Crippen molar-refractivity contribution in [2.45, 2.75) is 13.8 Å². The number of nitro groups is 1. The number of aryl methyl sites for hydroxylation is 2. The lowest BCUT2D eigenvalue weighted by atomic mass is 9.87. The fourth-order valence-corrected chi connectivity index (χ4v) is 4.68. The number of anilines is 1. The number of nitrogens with zero attached hydrogens (tertiary/aromatic N) is 2. The average Bonchev–Trinajstić information content (AvgIpc) is 2.79. The van der Waals surface area contributed by atoms with E-state index in [0.29, 0.717) is 33.2 Å². The zero-order valence-electron chi connectivity index (χ0n) is 17.8. The van der Waals surface area contributed by atoms with Gasteiger partial charge in [0.2, 0.25) is 0 Å². The van der Waals surface area contributed by atoms with Crippen molar-refractivity contribution in [3.63, 3.8) is 0 Å². The SMILES string of the molecule is Cc1cc(-c2c([N+](=O)[O-])cc3c4c(cccc24)C(=O)N(c2ccccc2C)C3=O)ccc1Br. The van der Waals surface area contributed by atoms with Gasteiger partial charge in [-0.05, 0) is 54.1 Å². The van der Waals surface area contributed by atoms with Crippen molar-refractivity contribution >= 4 is 49.9 Å². The molecule has 0 saturated heterocycles. The number of halogens is 1. The lowest BCUT2D eigenvalue weighted by molar-refractivity contribution is -0.384. The van der Waals surface area contributed by atoms with Crippen LogP contribution in [0.15, 0.2) is 71.2 Å². The lowest BCUT2D eigenvalue weighted by Crippen LogP contribution is -2.41. The highest BCUT2D eigenvalue weighted by atomic mass is 79.9. The van der Waals surface area contributed by atoms with Gasteiger partial charge in [-0.3, -0.25) is 19.7 Å². The summed E-state index contributed by atoms with van der Waals surface area (Å²) in [6.45, 7) is 3.71. The molecule has 0 unspecified atom stereocenters. The van der Waals surface area contributed by atoms with E-state index < -0.39 is 16.7 Å². The molecule has 162 valence electrons. The number of benzene rings is 4. The first-order valence-corrected chi connectivity index (χ1v) is 11.0. The van der Waals surface area contributed by atoms with Crippen LogP contribution < -0.4 is 4.90 Å². The third-order valence-electron chi connectivity index (χ3n) is 6.01. The number of hydrogen-bond donors (Lipinski definition) is 0. The summed E-state index contributed by atoms with van der Waals surface area (Å²) in [5, 5.41) is 13.1. The van der Waals surface area contributed by atoms with E-state index in [1.54, 1.807) is 36.4 Å². The molecule has 0 aromatic heterocycles. The van der Waals surface area contributed by atoms with Crippen molar-refractivity contribution in [2.24, 2.45) is 0 Å². The van der Waals surface area contributed by atoms with Gasteiger partial charge in [0.15, 0.2) is 0 Å². The summed E-state index contributed by atoms with van der Waals surface area (Å²) in [6.07, 6.45) is 0. The van der Waals surface area contributed by atoms with Crippen molar-refractivity contribution in [3.8, 4) is 11.1 Å². The van der Waals surface area contributed by atoms with Gasteiger partial charge < -0.3 is 0 Å². The second-order valence-corrected chi connectivity index (χ2v) is 8.85. The first-order chi connectivity index (χ1) is 15.8. The van der Waals surface area contributed by atoms with Crippen LogP contribution in [0.2, 0.25) is 0 Å². The third kappa shape index (κ3) is 3.15. The molecule has 33 heavy (non-hydrogen) atoms. The predicted octanol–water partition coefficient (Wildman–Crippen LogP) is 6.59. The number of rotatable bonds is 3. The Bertz CT molecular complexity index is 1530. The van der Waals surface area contributed by atoms with Gasteiger partial charge in [0.1, 0.15) is 0 Å². The summed E-state index contributed by atoms with van der Waals surface area (Å²) in [4.78, 5) is 39.8. The molecular weight excluding hydrogens is 484 g/mol. The van der Waals surface area contributed by atoms with E-state index in [-0.39, 0.29) is 11.3 Å². The fourth-order valence-electron chi connectivity index (χ4n) is 4.43. The molecule has 0 radical (unpaired) electrons. The Morgan fingerprint density at radius 1 is 0.848 bits per heavy atom. The molecule has 7 heteroatoms. The highest BCUT2D eigenvalue weighted by Gasteiger charge is 2.37. The minimum absolute atomic E-state index is 0.146. The van der Waals surface area contributed by atoms with Gasteiger partial charge in [-0.15, -0.1) is 0 Å². The van der Waals surface area contributed by atoms with Gasteiger partial charge in [-0.25, -0.2) is 4.90 Å². The van der Waals surface area contributed by atoms with E-state index in [1.807, 2.05) is 38.1 Å². The highest BCUT2D eigenvalue weighted by Crippen LogP contribution is 2.43. The zero-order valence-corrected chi connectivity index (χ0v) is 19.3. The molecule has 2 amide bonds. The summed E-state index contributed by atoms with van der Waals surface area (Å²) >= 11 is 3.46. The van der Waals surface area contributed by atoms with Crippen LogP contribution in [0.25, 0.3) is 21.9 Å². The Morgan fingerprint density at radius 2 is 1.58 bits per heavy atom. The summed E-state index contributed by atoms with van der Waals surface area (Å²) < 4.78 is 0.885. The van der Waals surface area contributed by atoms with Crippen LogP contribution in [0.5, 0.6) is 0 Å². The number of nitro benzene ring substituents is 1. The Hall–Kier alpha value is -3.84. The molecule has 1 heterocycles. The monoisotopic (exact) mass is 500 g/mol. The number of hydrogen-bond acceptors (Lipinski definition) is 4. The maximum atomic E-state index is 13.6. The minimum Gasteiger partial charge on any atom is -0.268 e. The van der Waals surface area contributed by atoms with Gasteiger partial charge in [0.25, 0.3) is 17.5 Å². The maximum absolute atomic E-state index is 13.6. The van der Waals surface area contributed by atoms with Crippen molar-refractivity contribution in [3.05, 3.63) is 104 Å². The Kier molecular flexibility index (Phi) is 4.87. The van der Waals surface area contributed by atoms with Crippen molar-refractivity contribution in [1.29, 1.82) is 0 Å². The Morgan fingerprint density at radius 3 is 2.27 bits per heavy atom. The van der Waals surface area contributed by atoms with Crippen LogP contribution in [0.3, 0.4) is 0 Å². The topological polar surface area (TPSA) is 80.5 Å². The first-order valence-electron chi connectivity index (χ1n) is 10.2. The Balaban J connectivity index is 1.86. The van der Waals surface area contributed by atoms with E-state index in [4.69, 9.17) is 0 Å². The second kappa shape index (κ2) is 7.64. The fraction of sp³-hybridized carbons (Fsp3) is 0.0769. The molecule has 1 aliphatic heterocycles. The molecule has 6 nitrogen and oxygen atoms in total. The summed E-state index contributed by atoms with van der Waals surface area (Å²) in [5.41, 5.74) is 3.48. The van der Waals surface area contributed by atoms with Crippen LogP contribution in [-0.2, 0) is 0 Å². The number of carbonyl (C=O) groups excluding carboxylic acids is 2. The number of amides is 2. The summed E-state index contributed by atoms with van der Waals surface area (Å²) in [6, 6.07) is 19.0. The molecule has 0 N–H and O–H groups in total. The van der Waals surface area contributed by atoms with E-state index in [9.17, 15) is 19.7 Å². The van der Waals surface area contributed by atoms with Gasteiger partial charge in [-0.1, -0.05) is 58.4 Å². The van der Waals surface area contributed by atoms with Gasteiger partial charge in [-0.2, -0.15) is 0 Å². The predicted molar refractivity (Wildman–Crippen MR) is 131 cm³/mol. The highest BCUT2D eigenvalue weighted by molar-refractivity contribution is 9.10. The molecule has 0 bridgehead atoms. The van der Waals surface area contributed by atoms with E-state index in [1.165, 1.54) is 6.07 Å². The smallest absolute Gasteiger partial charge is 0.268 e. The van der Waals surface area contributed by atoms with Crippen LogP contribution in [0, 0.1) is 24.0 Å². The molecule has 0 spiro atoms. The summed E-state index contributed by atoms with van der Waals surface area (Å²) in [5.74, 6) is -1.01. The van der Waals surface area contributed by atoms with Crippen LogP contribution in [0.1, 0.15) is 31.8 Å². The Labute approximate surface area is 197 Å². The van der Waals surface area contributed by atoms with E-state index in [0.717, 1.165) is 20.5 Å². The van der Waals surface area contributed by atoms with Crippen molar-refractivity contribution in [2.75, 3.05) is 4.90 Å². The first kappa shape index (κ1) is 21.0. The molecular formula is C26H17BrN2O4. The van der Waals surface area contributed by atoms with Crippen molar-refractivity contribution < 1.29 is 14.5 Å². The summed E-state index contributed by atoms with van der Waals surface area (Å²) in [7, 11) is 0. The zero-order chi connectivity index (χ0) is 23.4. The quantitative estimate of drug-likeness (QED) is 0.180. The molecule has 0 atom stereocenters. The molecule has 4 aromatic rings. The molecule has 1 aliphatic rings. The van der Waals surface area contributed by atoms with Gasteiger partial charge >= 0.3 is 0 Å². The largest absolute Gasteiger partial charge is 0.278 e. The van der Waals surface area contributed by atoms with Gasteiger partial charge in [0.05, 0.1) is 21.7 Å². The lowest BCUT2D eigenvalue weighted by Gasteiger charge is -2.28. The molecule has 0 aliphatic carbocycles. The van der Waals surface area contributed by atoms with Crippen LogP contribution in [0.4, 0.5) is 11.4 Å². The molecule has 0 fully saturated rings. The molecule has 4 aromatic carbocycles.